The van der Waals surface area contributed by atoms with Gasteiger partial charge in [-0.25, -0.2) is 4.98 Å². The van der Waals surface area contributed by atoms with Crippen LogP contribution in [0, 0.1) is 6.92 Å². The van der Waals surface area contributed by atoms with E-state index in [2.05, 4.69) is 10.3 Å². The molecule has 1 amide bonds. The number of methoxy groups -OCH3 is 2. The van der Waals surface area contributed by atoms with E-state index in [1.165, 1.54) is 11.8 Å². The number of rotatable bonds is 6. The van der Waals surface area contributed by atoms with Gasteiger partial charge in [-0.1, -0.05) is 35.5 Å². The average Bonchev–Trinajstić information content (AvgIpc) is 2.66. The molecule has 2 aromatic carbocycles. The lowest BCUT2D eigenvalue weighted by Crippen LogP contribution is -2.14. The Labute approximate surface area is 167 Å². The van der Waals surface area contributed by atoms with Crippen molar-refractivity contribution in [2.75, 3.05) is 25.3 Å². The van der Waals surface area contributed by atoms with Gasteiger partial charge in [0.05, 0.1) is 30.7 Å². The maximum Gasteiger partial charge on any atom is 0.234 e. The van der Waals surface area contributed by atoms with Gasteiger partial charge in [0.15, 0.2) is 0 Å². The van der Waals surface area contributed by atoms with E-state index in [1.807, 2.05) is 31.2 Å². The van der Waals surface area contributed by atoms with Gasteiger partial charge in [0.2, 0.25) is 5.91 Å². The number of benzene rings is 2. The van der Waals surface area contributed by atoms with Gasteiger partial charge in [-0.05, 0) is 42.8 Å². The number of aromatic nitrogens is 1. The molecule has 0 fully saturated rings. The van der Waals surface area contributed by atoms with Gasteiger partial charge < -0.3 is 14.8 Å². The third-order valence-corrected chi connectivity index (χ3v) is 5.14. The van der Waals surface area contributed by atoms with E-state index < -0.39 is 0 Å². The predicted molar refractivity (Wildman–Crippen MR) is 110 cm³/mol. The third kappa shape index (κ3) is 4.46. The van der Waals surface area contributed by atoms with Crippen LogP contribution in [0.1, 0.15) is 5.56 Å². The molecule has 1 N–H and O–H groups in total. The Morgan fingerprint density at radius 3 is 2.67 bits per heavy atom. The predicted octanol–water partition coefficient (Wildman–Crippen LogP) is 4.94. The molecule has 27 heavy (non-hydrogen) atoms. The standard InChI is InChI=1S/C20H19ClN2O3S/c1-12-9-19(23-20-14(12)5-4-6-17(20)26-3)27-11-18(24)22-15-10-13(21)7-8-16(15)25-2/h4-10H,11H2,1-3H3,(H,22,24). The van der Waals surface area contributed by atoms with E-state index in [1.54, 1.807) is 32.4 Å². The number of nitrogens with one attached hydrogen (secondary N) is 1. The van der Waals surface area contributed by atoms with Crippen molar-refractivity contribution in [3.05, 3.63) is 53.1 Å². The fourth-order valence-corrected chi connectivity index (χ4v) is 3.64. The van der Waals surface area contributed by atoms with Crippen LogP contribution in [0.5, 0.6) is 11.5 Å². The van der Waals surface area contributed by atoms with E-state index >= 15 is 0 Å². The zero-order valence-electron chi connectivity index (χ0n) is 15.2. The molecule has 5 nitrogen and oxygen atoms in total. The van der Waals surface area contributed by atoms with Gasteiger partial charge in [-0.15, -0.1) is 0 Å². The number of fused-ring (bicyclic) bond motifs is 1. The molecule has 0 atom stereocenters. The molecular formula is C20H19ClN2O3S. The number of carbonyl (C=O) groups excluding carboxylic acids is 1. The van der Waals surface area contributed by atoms with Crippen LogP contribution in [0.2, 0.25) is 5.02 Å². The van der Waals surface area contributed by atoms with Crippen molar-refractivity contribution in [2.45, 2.75) is 11.9 Å². The highest BCUT2D eigenvalue weighted by atomic mass is 35.5. The van der Waals surface area contributed by atoms with Gasteiger partial charge in [0.1, 0.15) is 17.0 Å². The molecule has 7 heteroatoms. The minimum atomic E-state index is -0.167. The Bertz CT molecular complexity index is 994. The second-order valence-corrected chi connectivity index (χ2v) is 7.25. The molecule has 0 aliphatic carbocycles. The van der Waals surface area contributed by atoms with Crippen molar-refractivity contribution in [1.82, 2.24) is 4.98 Å². The van der Waals surface area contributed by atoms with Crippen LogP contribution in [0.4, 0.5) is 5.69 Å². The molecule has 0 saturated heterocycles. The van der Waals surface area contributed by atoms with E-state index in [4.69, 9.17) is 21.1 Å². The number of ether oxygens (including phenoxy) is 2. The van der Waals surface area contributed by atoms with E-state index in [0.717, 1.165) is 21.5 Å². The highest BCUT2D eigenvalue weighted by molar-refractivity contribution is 7.99. The van der Waals surface area contributed by atoms with Crippen molar-refractivity contribution >= 4 is 45.9 Å². The Kier molecular flexibility index (Phi) is 6.08. The summed E-state index contributed by atoms with van der Waals surface area (Å²) in [5, 5.41) is 5.15. The van der Waals surface area contributed by atoms with Gasteiger partial charge >= 0.3 is 0 Å². The molecule has 0 bridgehead atoms. The monoisotopic (exact) mass is 402 g/mol. The summed E-state index contributed by atoms with van der Waals surface area (Å²) < 4.78 is 10.6. The number of aryl methyl sites for hydroxylation is 1. The number of carbonyl (C=O) groups is 1. The highest BCUT2D eigenvalue weighted by Gasteiger charge is 2.12. The van der Waals surface area contributed by atoms with Crippen LogP contribution in [-0.4, -0.2) is 30.9 Å². The first kappa shape index (κ1) is 19.3. The lowest BCUT2D eigenvalue weighted by molar-refractivity contribution is -0.113. The molecule has 0 aliphatic rings. The number of hydrogen-bond donors (Lipinski definition) is 1. The minimum absolute atomic E-state index is 0.167. The summed E-state index contributed by atoms with van der Waals surface area (Å²) in [6, 6.07) is 12.9. The van der Waals surface area contributed by atoms with E-state index in [-0.39, 0.29) is 11.7 Å². The highest BCUT2D eigenvalue weighted by Crippen LogP contribution is 2.30. The lowest BCUT2D eigenvalue weighted by atomic mass is 10.1. The number of hydrogen-bond acceptors (Lipinski definition) is 5. The Balaban J connectivity index is 1.75. The molecule has 0 radical (unpaired) electrons. The summed E-state index contributed by atoms with van der Waals surface area (Å²) in [5.41, 5.74) is 2.41. The lowest BCUT2D eigenvalue weighted by Gasteiger charge is -2.11. The van der Waals surface area contributed by atoms with Crippen molar-refractivity contribution in [3.63, 3.8) is 0 Å². The zero-order chi connectivity index (χ0) is 19.4. The molecule has 0 saturated carbocycles. The van der Waals surface area contributed by atoms with Crippen molar-refractivity contribution in [2.24, 2.45) is 0 Å². The second-order valence-electron chi connectivity index (χ2n) is 5.82. The van der Waals surface area contributed by atoms with Gasteiger partial charge in [-0.2, -0.15) is 0 Å². The molecule has 1 aromatic heterocycles. The van der Waals surface area contributed by atoms with Gasteiger partial charge in [-0.3, -0.25) is 4.79 Å². The summed E-state index contributed by atoms with van der Waals surface area (Å²) in [4.78, 5) is 17.0. The zero-order valence-corrected chi connectivity index (χ0v) is 16.8. The number of pyridine rings is 1. The molecule has 3 rings (SSSR count). The van der Waals surface area contributed by atoms with Crippen LogP contribution >= 0.6 is 23.4 Å². The van der Waals surface area contributed by atoms with Crippen LogP contribution in [0.15, 0.2) is 47.5 Å². The van der Waals surface area contributed by atoms with Crippen molar-refractivity contribution < 1.29 is 14.3 Å². The SMILES string of the molecule is COc1ccc(Cl)cc1NC(=O)CSc1cc(C)c2cccc(OC)c2n1. The summed E-state index contributed by atoms with van der Waals surface area (Å²) in [5.74, 6) is 1.32. The molecular weight excluding hydrogens is 384 g/mol. The topological polar surface area (TPSA) is 60.5 Å². The number of para-hydroxylation sites is 1. The Morgan fingerprint density at radius 2 is 1.93 bits per heavy atom. The third-order valence-electron chi connectivity index (χ3n) is 3.99. The number of nitrogens with zero attached hydrogens (tertiary/aromatic N) is 1. The van der Waals surface area contributed by atoms with E-state index in [9.17, 15) is 4.79 Å². The fraction of sp³-hybridized carbons (Fsp3) is 0.200. The molecule has 3 aromatic rings. The first-order valence-corrected chi connectivity index (χ1v) is 9.58. The number of thioether (sulfide) groups is 1. The van der Waals surface area contributed by atoms with Crippen LogP contribution in [-0.2, 0) is 4.79 Å². The summed E-state index contributed by atoms with van der Waals surface area (Å²) in [6.07, 6.45) is 0. The first-order chi connectivity index (χ1) is 13.0. The molecule has 1 heterocycles. The largest absolute Gasteiger partial charge is 0.495 e. The average molecular weight is 403 g/mol. The summed E-state index contributed by atoms with van der Waals surface area (Å²) in [7, 11) is 3.17. The minimum Gasteiger partial charge on any atom is -0.495 e. The van der Waals surface area contributed by atoms with Crippen molar-refractivity contribution in [1.29, 1.82) is 0 Å². The fourth-order valence-electron chi connectivity index (χ4n) is 2.70. The molecule has 0 spiro atoms. The Morgan fingerprint density at radius 1 is 1.15 bits per heavy atom. The first-order valence-electron chi connectivity index (χ1n) is 8.22. The van der Waals surface area contributed by atoms with E-state index in [0.29, 0.717) is 22.2 Å². The van der Waals surface area contributed by atoms with Crippen LogP contribution < -0.4 is 14.8 Å². The second kappa shape index (κ2) is 8.50. The van der Waals surface area contributed by atoms with Crippen LogP contribution in [0.3, 0.4) is 0 Å². The van der Waals surface area contributed by atoms with Crippen LogP contribution in [0.25, 0.3) is 10.9 Å². The normalized spacial score (nSPS) is 10.7. The number of amides is 1. The quantitative estimate of drug-likeness (QED) is 0.591. The number of halogens is 1. The van der Waals surface area contributed by atoms with Gasteiger partial charge in [0, 0.05) is 10.4 Å². The Hall–Kier alpha value is -2.44. The summed E-state index contributed by atoms with van der Waals surface area (Å²) in [6.45, 7) is 2.02. The number of anilines is 1. The molecule has 0 unspecified atom stereocenters. The maximum absolute atomic E-state index is 12.4. The van der Waals surface area contributed by atoms with Gasteiger partial charge in [0.25, 0.3) is 0 Å². The van der Waals surface area contributed by atoms with Crippen molar-refractivity contribution in [3.8, 4) is 11.5 Å². The smallest absolute Gasteiger partial charge is 0.234 e. The maximum atomic E-state index is 12.4. The molecule has 0 aliphatic heterocycles. The molecule has 140 valence electrons. The summed E-state index contributed by atoms with van der Waals surface area (Å²) >= 11 is 7.36.